The van der Waals surface area contributed by atoms with Crippen LogP contribution >= 0.6 is 0 Å². The maximum absolute atomic E-state index is 11.5. The molecule has 1 saturated heterocycles. The Hall–Kier alpha value is -1.81. The summed E-state index contributed by atoms with van der Waals surface area (Å²) in [6, 6.07) is 6.92. The highest BCUT2D eigenvalue weighted by molar-refractivity contribution is 5.89. The molecule has 0 N–H and O–H groups in total. The molecule has 2 rings (SSSR count). The Morgan fingerprint density at radius 3 is 2.56 bits per heavy atom. The van der Waals surface area contributed by atoms with E-state index in [4.69, 9.17) is 14.2 Å². The minimum atomic E-state index is -0.391. The van der Waals surface area contributed by atoms with E-state index in [0.717, 1.165) is 12.4 Å². The Balaban J connectivity index is 1.86. The van der Waals surface area contributed by atoms with E-state index in [1.54, 1.807) is 24.3 Å². The highest BCUT2D eigenvalue weighted by atomic mass is 16.6. The molecule has 0 saturated carbocycles. The fourth-order valence-corrected chi connectivity index (χ4v) is 1.28. The van der Waals surface area contributed by atoms with Gasteiger partial charge in [0.25, 0.3) is 0 Å². The molecule has 1 aromatic rings. The smallest absolute Gasteiger partial charge is 0.338 e. The van der Waals surface area contributed by atoms with E-state index in [1.165, 1.54) is 0 Å². The number of epoxide rings is 1. The van der Waals surface area contributed by atoms with E-state index in [-0.39, 0.29) is 6.10 Å². The molecule has 0 bridgehead atoms. The molecule has 0 aliphatic carbocycles. The number of benzene rings is 1. The van der Waals surface area contributed by atoms with Crippen LogP contribution in [0.4, 0.5) is 0 Å². The topological polar surface area (TPSA) is 48.1 Å². The molecule has 1 aliphatic heterocycles. The molecule has 1 atom stereocenters. The third-order valence-corrected chi connectivity index (χ3v) is 2.59. The van der Waals surface area contributed by atoms with Crippen LogP contribution in [0.25, 0.3) is 0 Å². The lowest BCUT2D eigenvalue weighted by Crippen LogP contribution is -2.09. The zero-order valence-electron chi connectivity index (χ0n) is 10.3. The zero-order valence-corrected chi connectivity index (χ0v) is 10.3. The van der Waals surface area contributed by atoms with Crippen molar-refractivity contribution < 1.29 is 19.0 Å². The van der Waals surface area contributed by atoms with Crippen LogP contribution in [0, 0.1) is 0 Å². The summed E-state index contributed by atoms with van der Waals surface area (Å²) in [5.74, 6) is 0.835. The monoisotopic (exact) mass is 248 g/mol. The number of rotatable bonds is 6. The predicted octanol–water partition coefficient (Wildman–Crippen LogP) is 2.34. The second-order valence-corrected chi connectivity index (χ2v) is 4.08. The number of esters is 1. The van der Waals surface area contributed by atoms with Gasteiger partial charge in [-0.05, 0) is 30.7 Å². The van der Waals surface area contributed by atoms with Crippen LogP contribution < -0.4 is 9.47 Å². The van der Waals surface area contributed by atoms with Crippen molar-refractivity contribution in [3.63, 3.8) is 0 Å². The first-order valence-electron chi connectivity index (χ1n) is 5.93. The van der Waals surface area contributed by atoms with E-state index in [0.29, 0.717) is 24.4 Å². The van der Waals surface area contributed by atoms with E-state index < -0.39 is 5.97 Å². The highest BCUT2D eigenvalue weighted by Crippen LogP contribution is 2.20. The third-order valence-electron chi connectivity index (χ3n) is 2.59. The van der Waals surface area contributed by atoms with E-state index in [9.17, 15) is 4.79 Å². The summed E-state index contributed by atoms with van der Waals surface area (Å²) in [6.45, 7) is 6.83. The van der Waals surface area contributed by atoms with Crippen LogP contribution in [-0.2, 0) is 9.53 Å². The van der Waals surface area contributed by atoms with Crippen molar-refractivity contribution in [2.45, 2.75) is 19.4 Å². The summed E-state index contributed by atoms with van der Waals surface area (Å²) >= 11 is 0. The van der Waals surface area contributed by atoms with Crippen LogP contribution in [0.5, 0.6) is 11.5 Å². The van der Waals surface area contributed by atoms with Gasteiger partial charge in [-0.15, -0.1) is 0 Å². The second kappa shape index (κ2) is 5.69. The van der Waals surface area contributed by atoms with Crippen LogP contribution in [-0.4, -0.2) is 25.3 Å². The van der Waals surface area contributed by atoms with Gasteiger partial charge in [0.15, 0.2) is 0 Å². The van der Waals surface area contributed by atoms with E-state index in [2.05, 4.69) is 6.58 Å². The van der Waals surface area contributed by atoms with Gasteiger partial charge >= 0.3 is 5.97 Å². The van der Waals surface area contributed by atoms with Crippen LogP contribution in [0.3, 0.4) is 0 Å². The molecule has 96 valence electrons. The molecule has 0 aromatic heterocycles. The lowest BCUT2D eigenvalue weighted by Gasteiger charge is -2.07. The molecule has 0 radical (unpaired) electrons. The number of carbonyl (C=O) groups is 1. The summed E-state index contributed by atoms with van der Waals surface area (Å²) in [5, 5.41) is 0. The molecule has 18 heavy (non-hydrogen) atoms. The molecule has 0 spiro atoms. The van der Waals surface area contributed by atoms with Crippen LogP contribution in [0.2, 0.25) is 0 Å². The van der Waals surface area contributed by atoms with Crippen molar-refractivity contribution in [1.29, 1.82) is 0 Å². The molecule has 4 heteroatoms. The number of hydrogen-bond acceptors (Lipinski definition) is 4. The Kier molecular flexibility index (Phi) is 3.99. The predicted molar refractivity (Wildman–Crippen MR) is 66.7 cm³/mol. The lowest BCUT2D eigenvalue weighted by molar-refractivity contribution is -0.130. The molecule has 1 aliphatic rings. The molecule has 1 fully saturated rings. The average molecular weight is 248 g/mol. The van der Waals surface area contributed by atoms with Gasteiger partial charge in [-0.2, -0.15) is 0 Å². The lowest BCUT2D eigenvalue weighted by atomic mass is 10.2. The number of carbonyl (C=O) groups excluding carboxylic acids is 1. The Morgan fingerprint density at radius 1 is 1.39 bits per heavy atom. The Labute approximate surface area is 106 Å². The fraction of sp³-hybridized carbons (Fsp3) is 0.357. The van der Waals surface area contributed by atoms with Crippen molar-refractivity contribution >= 4 is 5.97 Å². The average Bonchev–Trinajstić information content (AvgIpc) is 3.21. The first-order chi connectivity index (χ1) is 8.69. The second-order valence-electron chi connectivity index (χ2n) is 4.08. The van der Waals surface area contributed by atoms with Crippen molar-refractivity contribution in [2.75, 3.05) is 13.2 Å². The zero-order chi connectivity index (χ0) is 13.0. The van der Waals surface area contributed by atoms with Crippen LogP contribution in [0.15, 0.2) is 36.4 Å². The van der Waals surface area contributed by atoms with E-state index >= 15 is 0 Å². The summed E-state index contributed by atoms with van der Waals surface area (Å²) in [5.41, 5.74) is 0.459. The van der Waals surface area contributed by atoms with Gasteiger partial charge in [0, 0.05) is 5.57 Å². The van der Waals surface area contributed by atoms with Crippen molar-refractivity contribution in [1.82, 2.24) is 0 Å². The summed E-state index contributed by atoms with van der Waals surface area (Å²) in [4.78, 5) is 11.5. The summed E-state index contributed by atoms with van der Waals surface area (Å²) in [6.07, 6.45) is 0.817. The normalized spacial score (nSPS) is 17.1. The Bertz CT molecular complexity index is 432. The SMILES string of the molecule is C=C(CC)C(=O)Oc1ccc(OCC2CO2)cc1. The standard InChI is InChI=1S/C14H16O4/c1-3-10(2)14(15)18-12-6-4-11(5-7-12)16-8-13-9-17-13/h4-7,13H,2-3,8-9H2,1H3. The highest BCUT2D eigenvalue weighted by Gasteiger charge is 2.22. The summed E-state index contributed by atoms with van der Waals surface area (Å²) in [7, 11) is 0. The van der Waals surface area contributed by atoms with Crippen molar-refractivity contribution in [3.8, 4) is 11.5 Å². The number of ether oxygens (including phenoxy) is 3. The van der Waals surface area contributed by atoms with Gasteiger partial charge in [-0.1, -0.05) is 13.5 Å². The molecule has 0 amide bonds. The largest absolute Gasteiger partial charge is 0.491 e. The third kappa shape index (κ3) is 3.60. The van der Waals surface area contributed by atoms with E-state index in [1.807, 2.05) is 6.92 Å². The maximum Gasteiger partial charge on any atom is 0.338 e. The van der Waals surface area contributed by atoms with Gasteiger partial charge < -0.3 is 14.2 Å². The van der Waals surface area contributed by atoms with Gasteiger partial charge in [0.05, 0.1) is 6.61 Å². The molecule has 4 nitrogen and oxygen atoms in total. The molecule has 1 unspecified atom stereocenters. The molecular formula is C14H16O4. The van der Waals surface area contributed by atoms with Gasteiger partial charge in [0.2, 0.25) is 0 Å². The summed E-state index contributed by atoms with van der Waals surface area (Å²) < 4.78 is 15.7. The minimum Gasteiger partial charge on any atom is -0.491 e. The first kappa shape index (κ1) is 12.6. The quantitative estimate of drug-likeness (QED) is 0.335. The molecular weight excluding hydrogens is 232 g/mol. The number of hydrogen-bond donors (Lipinski definition) is 0. The van der Waals surface area contributed by atoms with Gasteiger partial charge in [0.1, 0.15) is 24.2 Å². The molecule has 1 heterocycles. The van der Waals surface area contributed by atoms with Crippen LogP contribution in [0.1, 0.15) is 13.3 Å². The molecule has 1 aromatic carbocycles. The maximum atomic E-state index is 11.5. The first-order valence-corrected chi connectivity index (χ1v) is 5.93. The van der Waals surface area contributed by atoms with Crippen molar-refractivity contribution in [2.24, 2.45) is 0 Å². The van der Waals surface area contributed by atoms with Gasteiger partial charge in [-0.3, -0.25) is 0 Å². The minimum absolute atomic E-state index is 0.232. The Morgan fingerprint density at radius 2 is 2.00 bits per heavy atom. The fourth-order valence-electron chi connectivity index (χ4n) is 1.28. The van der Waals surface area contributed by atoms with Crippen molar-refractivity contribution in [3.05, 3.63) is 36.4 Å². The van der Waals surface area contributed by atoms with Gasteiger partial charge in [-0.25, -0.2) is 4.79 Å².